The fraction of sp³-hybridized carbons (Fsp3) is 0.318. The molecule has 5 nitrogen and oxygen atoms in total. The molecule has 1 saturated heterocycles. The summed E-state index contributed by atoms with van der Waals surface area (Å²) in [4.78, 5) is 13.4. The predicted octanol–water partition coefficient (Wildman–Crippen LogP) is 3.61. The van der Waals surface area contributed by atoms with Crippen molar-refractivity contribution < 1.29 is 18.7 Å². The monoisotopic (exact) mass is 384 g/mol. The lowest BCUT2D eigenvalue weighted by Gasteiger charge is -2.34. The first-order valence-electron chi connectivity index (χ1n) is 9.26. The lowest BCUT2D eigenvalue weighted by Crippen LogP contribution is -2.49. The van der Waals surface area contributed by atoms with Crippen molar-refractivity contribution in [2.45, 2.75) is 19.9 Å². The molecule has 0 unspecified atom stereocenters. The maximum atomic E-state index is 13.8. The average Bonchev–Trinajstić information content (AvgIpc) is 2.69. The molecule has 3 rings (SSSR count). The Morgan fingerprint density at radius 1 is 1.29 bits per heavy atom. The van der Waals surface area contributed by atoms with Gasteiger partial charge >= 0.3 is 0 Å². The normalized spacial score (nSPS) is 17.4. The summed E-state index contributed by atoms with van der Waals surface area (Å²) in [6, 6.07) is 10.7. The highest BCUT2D eigenvalue weighted by atomic mass is 19.1. The maximum Gasteiger partial charge on any atom is 0.298 e. The van der Waals surface area contributed by atoms with E-state index >= 15 is 0 Å². The van der Waals surface area contributed by atoms with Crippen molar-refractivity contribution in [2.24, 2.45) is 0 Å². The number of rotatable bonds is 6. The topological polar surface area (TPSA) is 50.8 Å². The average molecular weight is 384 g/mol. The van der Waals surface area contributed by atoms with Crippen LogP contribution in [0, 0.1) is 12.7 Å². The standard InChI is InChI=1S/C22H25FN2O3/c1-15-10-19(25-9-8-24-16(2)13-25)6-4-17(15)11-22(28-14-26)20-12-18(23)5-7-21(20)27-3/h4-7,10-12,14,16,24H,8-9,13H2,1-3H3/b22-11-/t16-/m0/s1. The number of aryl methyl sites for hydroxylation is 1. The second kappa shape index (κ2) is 8.89. The Morgan fingerprint density at radius 3 is 2.79 bits per heavy atom. The van der Waals surface area contributed by atoms with Gasteiger partial charge in [-0.15, -0.1) is 0 Å². The smallest absolute Gasteiger partial charge is 0.298 e. The summed E-state index contributed by atoms with van der Waals surface area (Å²) in [5.74, 6) is 0.229. The van der Waals surface area contributed by atoms with Gasteiger partial charge in [-0.25, -0.2) is 4.39 Å². The number of carbonyl (C=O) groups is 1. The van der Waals surface area contributed by atoms with Crippen LogP contribution in [0.1, 0.15) is 23.6 Å². The highest BCUT2D eigenvalue weighted by molar-refractivity contribution is 5.83. The largest absolute Gasteiger partial charge is 0.496 e. The van der Waals surface area contributed by atoms with Crippen molar-refractivity contribution >= 4 is 24.0 Å². The van der Waals surface area contributed by atoms with Crippen LogP contribution in [0.15, 0.2) is 36.4 Å². The minimum atomic E-state index is -0.434. The lowest BCUT2D eigenvalue weighted by atomic mass is 10.0. The molecule has 0 saturated carbocycles. The zero-order chi connectivity index (χ0) is 20.1. The number of methoxy groups -OCH3 is 1. The van der Waals surface area contributed by atoms with Gasteiger partial charge in [0.2, 0.25) is 0 Å². The third-order valence-electron chi connectivity index (χ3n) is 4.88. The summed E-state index contributed by atoms with van der Waals surface area (Å²) < 4.78 is 24.2. The van der Waals surface area contributed by atoms with Gasteiger partial charge in [-0.1, -0.05) is 6.07 Å². The van der Waals surface area contributed by atoms with Gasteiger partial charge in [0.15, 0.2) is 0 Å². The fourth-order valence-electron chi connectivity index (χ4n) is 3.43. The first kappa shape index (κ1) is 19.9. The molecule has 1 aliphatic heterocycles. The van der Waals surface area contributed by atoms with Gasteiger partial charge in [0, 0.05) is 31.4 Å². The minimum Gasteiger partial charge on any atom is -0.496 e. The van der Waals surface area contributed by atoms with Crippen LogP contribution < -0.4 is 15.0 Å². The Morgan fingerprint density at radius 2 is 2.11 bits per heavy atom. The Balaban J connectivity index is 1.95. The number of anilines is 1. The van der Waals surface area contributed by atoms with Gasteiger partial charge in [0.25, 0.3) is 6.47 Å². The quantitative estimate of drug-likeness (QED) is 0.468. The third-order valence-corrected chi connectivity index (χ3v) is 4.88. The van der Waals surface area contributed by atoms with Crippen molar-refractivity contribution in [3.63, 3.8) is 0 Å². The molecule has 0 bridgehead atoms. The van der Waals surface area contributed by atoms with Crippen LogP contribution in [0.3, 0.4) is 0 Å². The van der Waals surface area contributed by atoms with E-state index in [2.05, 4.69) is 29.3 Å². The molecule has 0 amide bonds. The molecular weight excluding hydrogens is 359 g/mol. The number of piperazine rings is 1. The molecule has 0 aromatic heterocycles. The molecule has 1 atom stereocenters. The number of halogens is 1. The molecular formula is C22H25FN2O3. The first-order chi connectivity index (χ1) is 13.5. The van der Waals surface area contributed by atoms with Crippen LogP contribution in [0.2, 0.25) is 0 Å². The van der Waals surface area contributed by atoms with Crippen LogP contribution in [0.5, 0.6) is 5.75 Å². The molecule has 0 aliphatic carbocycles. The molecule has 148 valence electrons. The fourth-order valence-corrected chi connectivity index (χ4v) is 3.43. The van der Waals surface area contributed by atoms with E-state index in [4.69, 9.17) is 9.47 Å². The summed E-state index contributed by atoms with van der Waals surface area (Å²) in [6.45, 7) is 7.38. The van der Waals surface area contributed by atoms with E-state index in [-0.39, 0.29) is 5.76 Å². The molecule has 0 spiro atoms. The van der Waals surface area contributed by atoms with Crippen LogP contribution in [0.25, 0.3) is 11.8 Å². The molecule has 1 aliphatic rings. The number of nitrogens with one attached hydrogen (secondary N) is 1. The Bertz CT molecular complexity index is 882. The van der Waals surface area contributed by atoms with E-state index in [9.17, 15) is 9.18 Å². The van der Waals surface area contributed by atoms with E-state index in [0.29, 0.717) is 23.8 Å². The third kappa shape index (κ3) is 4.51. The van der Waals surface area contributed by atoms with Crippen molar-refractivity contribution in [3.05, 3.63) is 58.9 Å². The summed E-state index contributed by atoms with van der Waals surface area (Å²) >= 11 is 0. The van der Waals surface area contributed by atoms with Gasteiger partial charge in [-0.3, -0.25) is 4.79 Å². The lowest BCUT2D eigenvalue weighted by molar-refractivity contribution is -0.122. The molecule has 0 radical (unpaired) electrons. The molecule has 1 heterocycles. The van der Waals surface area contributed by atoms with Crippen LogP contribution >= 0.6 is 0 Å². The summed E-state index contributed by atoms with van der Waals surface area (Å²) in [7, 11) is 1.49. The van der Waals surface area contributed by atoms with Crippen molar-refractivity contribution in [2.75, 3.05) is 31.6 Å². The zero-order valence-electron chi connectivity index (χ0n) is 16.4. The van der Waals surface area contributed by atoms with Crippen LogP contribution in [-0.2, 0) is 9.53 Å². The predicted molar refractivity (Wildman–Crippen MR) is 109 cm³/mol. The molecule has 1 fully saturated rings. The van der Waals surface area contributed by atoms with Gasteiger partial charge in [-0.2, -0.15) is 0 Å². The first-order valence-corrected chi connectivity index (χ1v) is 9.26. The summed E-state index contributed by atoms with van der Waals surface area (Å²) in [5.41, 5.74) is 3.46. The molecule has 2 aromatic rings. The van der Waals surface area contributed by atoms with E-state index in [1.165, 1.54) is 25.3 Å². The number of hydrogen-bond donors (Lipinski definition) is 1. The molecule has 2 aromatic carbocycles. The number of hydrogen-bond acceptors (Lipinski definition) is 5. The Hall–Kier alpha value is -2.86. The van der Waals surface area contributed by atoms with Gasteiger partial charge < -0.3 is 19.7 Å². The summed E-state index contributed by atoms with van der Waals surface area (Å²) in [5, 5.41) is 3.44. The van der Waals surface area contributed by atoms with E-state index in [1.807, 2.05) is 13.0 Å². The number of benzene rings is 2. The second-order valence-electron chi connectivity index (χ2n) is 6.91. The molecule has 6 heteroatoms. The van der Waals surface area contributed by atoms with Gasteiger partial charge in [0.1, 0.15) is 17.3 Å². The van der Waals surface area contributed by atoms with Crippen molar-refractivity contribution in [1.82, 2.24) is 5.32 Å². The minimum absolute atomic E-state index is 0.234. The second-order valence-corrected chi connectivity index (χ2v) is 6.91. The highest BCUT2D eigenvalue weighted by Gasteiger charge is 2.17. The highest BCUT2D eigenvalue weighted by Crippen LogP contribution is 2.30. The van der Waals surface area contributed by atoms with E-state index in [0.717, 1.165) is 36.4 Å². The Kier molecular flexibility index (Phi) is 6.31. The maximum absolute atomic E-state index is 13.8. The zero-order valence-corrected chi connectivity index (χ0v) is 16.4. The number of carbonyl (C=O) groups excluding carboxylic acids is 1. The molecule has 28 heavy (non-hydrogen) atoms. The van der Waals surface area contributed by atoms with Gasteiger partial charge in [-0.05, 0) is 61.4 Å². The van der Waals surface area contributed by atoms with Crippen LogP contribution in [-0.4, -0.2) is 39.3 Å². The summed E-state index contributed by atoms with van der Waals surface area (Å²) in [6.07, 6.45) is 1.73. The van der Waals surface area contributed by atoms with Crippen molar-refractivity contribution in [3.8, 4) is 5.75 Å². The van der Waals surface area contributed by atoms with Crippen LogP contribution in [0.4, 0.5) is 10.1 Å². The number of ether oxygens (including phenoxy) is 2. The number of nitrogens with zero attached hydrogens (tertiary/aromatic N) is 1. The van der Waals surface area contributed by atoms with Gasteiger partial charge in [0.05, 0.1) is 12.7 Å². The van der Waals surface area contributed by atoms with Crippen molar-refractivity contribution in [1.29, 1.82) is 0 Å². The van der Waals surface area contributed by atoms with E-state index in [1.54, 1.807) is 6.08 Å². The molecule has 1 N–H and O–H groups in total. The van der Waals surface area contributed by atoms with E-state index < -0.39 is 5.82 Å². The SMILES string of the molecule is COc1ccc(F)cc1/C(=C/c1ccc(N2CCN[C@@H](C)C2)cc1C)OC=O. The Labute approximate surface area is 164 Å².